The quantitative estimate of drug-likeness (QED) is 0.556. The minimum Gasteiger partial charge on any atom is -0.460 e. The highest BCUT2D eigenvalue weighted by Gasteiger charge is 2.34. The first kappa shape index (κ1) is 20.6. The number of ether oxygens (including phenoxy) is 1. The van der Waals surface area contributed by atoms with E-state index in [0.717, 1.165) is 29.4 Å². The third-order valence-corrected chi connectivity index (χ3v) is 3.92. The van der Waals surface area contributed by atoms with Crippen LogP contribution in [0.2, 0.25) is 0 Å². The monoisotopic (exact) mass is 404 g/mol. The topological polar surface area (TPSA) is 104 Å². The number of hydrogen-bond acceptors (Lipinski definition) is 7. The Labute approximate surface area is 152 Å². The first-order chi connectivity index (χ1) is 12.4. The van der Waals surface area contributed by atoms with Crippen molar-refractivity contribution in [3.05, 3.63) is 30.2 Å². The van der Waals surface area contributed by atoms with Crippen molar-refractivity contribution in [3.8, 4) is 11.4 Å². The minimum absolute atomic E-state index is 0.172. The van der Waals surface area contributed by atoms with Gasteiger partial charge in [0.2, 0.25) is 0 Å². The van der Waals surface area contributed by atoms with Gasteiger partial charge < -0.3 is 4.74 Å². The van der Waals surface area contributed by atoms with Crippen LogP contribution in [0.5, 0.6) is 0 Å². The number of rotatable bonds is 5. The second kappa shape index (κ2) is 7.47. The molecule has 2 heterocycles. The van der Waals surface area contributed by atoms with Gasteiger partial charge in [-0.25, -0.2) is 27.9 Å². The third-order valence-electron chi connectivity index (χ3n) is 2.95. The van der Waals surface area contributed by atoms with E-state index >= 15 is 0 Å². The van der Waals surface area contributed by atoms with E-state index in [1.807, 2.05) is 0 Å². The van der Waals surface area contributed by atoms with Gasteiger partial charge in [-0.2, -0.15) is 13.2 Å². The summed E-state index contributed by atoms with van der Waals surface area (Å²) in [4.78, 5) is 18.4. The van der Waals surface area contributed by atoms with Gasteiger partial charge in [-0.15, -0.1) is 5.10 Å². The van der Waals surface area contributed by atoms with E-state index < -0.39 is 32.7 Å². The average Bonchev–Trinajstić information content (AvgIpc) is 2.99. The summed E-state index contributed by atoms with van der Waals surface area (Å²) in [7, 11) is -3.99. The maximum Gasteiger partial charge on any atom is 0.433 e. The van der Waals surface area contributed by atoms with E-state index in [9.17, 15) is 26.4 Å². The number of alkyl halides is 3. The fourth-order valence-corrected chi connectivity index (χ4v) is 2.46. The number of sulfone groups is 1. The highest BCUT2D eigenvalue weighted by molar-refractivity contribution is 7.90. The van der Waals surface area contributed by atoms with Crippen LogP contribution in [0.1, 0.15) is 19.5 Å². The lowest BCUT2D eigenvalue weighted by Crippen LogP contribution is -2.12. The molecule has 146 valence electrons. The normalized spacial score (nSPS) is 12.7. The van der Waals surface area contributed by atoms with E-state index in [0.29, 0.717) is 6.07 Å². The highest BCUT2D eigenvalue weighted by Crippen LogP contribution is 2.31. The number of pyridine rings is 1. The Balaban J connectivity index is 2.40. The molecule has 0 saturated carbocycles. The van der Waals surface area contributed by atoms with Gasteiger partial charge in [0.25, 0.3) is 0 Å². The van der Waals surface area contributed by atoms with Crippen LogP contribution in [0.15, 0.2) is 29.6 Å². The number of esters is 1. The van der Waals surface area contributed by atoms with Gasteiger partial charge in [-0.3, -0.25) is 0 Å². The fraction of sp³-hybridized carbons (Fsp3) is 0.333. The largest absolute Gasteiger partial charge is 0.460 e. The molecule has 0 saturated heterocycles. The lowest BCUT2D eigenvalue weighted by Gasteiger charge is -2.09. The van der Waals surface area contributed by atoms with Crippen LogP contribution in [0.4, 0.5) is 13.2 Å². The summed E-state index contributed by atoms with van der Waals surface area (Å²) < 4.78 is 68.2. The molecule has 0 aliphatic carbocycles. The Kier molecular flexibility index (Phi) is 5.68. The molecule has 0 aliphatic rings. The maximum atomic E-state index is 13.0. The van der Waals surface area contributed by atoms with Crippen molar-refractivity contribution >= 4 is 22.0 Å². The molecule has 27 heavy (non-hydrogen) atoms. The maximum absolute atomic E-state index is 13.0. The second-order valence-electron chi connectivity index (χ2n) is 5.70. The van der Waals surface area contributed by atoms with Crippen LogP contribution in [-0.2, 0) is 25.5 Å². The van der Waals surface area contributed by atoms with Crippen molar-refractivity contribution in [2.24, 2.45) is 0 Å². The SMILES string of the molecule is CC(C)OC(=O)C=Cn1cnc(-c2cc(C(F)(F)F)nc(S(C)(=O)=O)c2)n1. The summed E-state index contributed by atoms with van der Waals surface area (Å²) in [5.41, 5.74) is -1.57. The van der Waals surface area contributed by atoms with Gasteiger partial charge in [0, 0.05) is 24.1 Å². The second-order valence-corrected chi connectivity index (χ2v) is 7.66. The van der Waals surface area contributed by atoms with E-state index in [4.69, 9.17) is 4.74 Å². The summed E-state index contributed by atoms with van der Waals surface area (Å²) in [6.07, 6.45) is -1.02. The zero-order valence-corrected chi connectivity index (χ0v) is 15.2. The number of carbonyl (C=O) groups is 1. The first-order valence-electron chi connectivity index (χ1n) is 7.46. The molecule has 2 rings (SSSR count). The van der Waals surface area contributed by atoms with Gasteiger partial charge in [0.1, 0.15) is 12.0 Å². The lowest BCUT2D eigenvalue weighted by atomic mass is 10.2. The van der Waals surface area contributed by atoms with E-state index in [1.54, 1.807) is 13.8 Å². The Hall–Kier alpha value is -2.76. The van der Waals surface area contributed by atoms with Crippen LogP contribution >= 0.6 is 0 Å². The smallest absolute Gasteiger partial charge is 0.433 e. The van der Waals surface area contributed by atoms with Crippen molar-refractivity contribution in [1.29, 1.82) is 0 Å². The fourth-order valence-electron chi connectivity index (χ4n) is 1.86. The number of carbonyl (C=O) groups excluding carboxylic acids is 1. The Bertz CT molecular complexity index is 981. The molecule has 0 radical (unpaired) electrons. The van der Waals surface area contributed by atoms with Crippen LogP contribution in [0.3, 0.4) is 0 Å². The van der Waals surface area contributed by atoms with E-state index in [-0.39, 0.29) is 17.5 Å². The summed E-state index contributed by atoms with van der Waals surface area (Å²) >= 11 is 0. The molecule has 0 N–H and O–H groups in total. The zero-order chi connectivity index (χ0) is 20.4. The summed E-state index contributed by atoms with van der Waals surface area (Å²) in [6, 6.07) is 1.59. The summed E-state index contributed by atoms with van der Waals surface area (Å²) in [5.74, 6) is -0.806. The molecule has 0 amide bonds. The van der Waals surface area contributed by atoms with Crippen LogP contribution in [0.25, 0.3) is 17.6 Å². The molecule has 0 fully saturated rings. The third kappa shape index (κ3) is 5.61. The lowest BCUT2D eigenvalue weighted by molar-refractivity contribution is -0.142. The molecule has 12 heteroatoms. The molecule has 0 aliphatic heterocycles. The molecular weight excluding hydrogens is 389 g/mol. The molecule has 2 aromatic rings. The van der Waals surface area contributed by atoms with E-state index in [2.05, 4.69) is 15.1 Å². The van der Waals surface area contributed by atoms with Crippen molar-refractivity contribution in [2.45, 2.75) is 31.2 Å². The Morgan fingerprint density at radius 1 is 1.30 bits per heavy atom. The number of hydrogen-bond donors (Lipinski definition) is 0. The van der Waals surface area contributed by atoms with Crippen molar-refractivity contribution in [3.63, 3.8) is 0 Å². The molecule has 0 bridgehead atoms. The van der Waals surface area contributed by atoms with Gasteiger partial charge in [0.15, 0.2) is 20.7 Å². The van der Waals surface area contributed by atoms with Crippen LogP contribution in [0, 0.1) is 0 Å². The summed E-state index contributed by atoms with van der Waals surface area (Å²) in [6.45, 7) is 3.33. The molecule has 0 atom stereocenters. The molecule has 0 unspecified atom stereocenters. The summed E-state index contributed by atoms with van der Waals surface area (Å²) in [5, 5.41) is 3.15. The highest BCUT2D eigenvalue weighted by atomic mass is 32.2. The molecule has 0 aromatic carbocycles. The first-order valence-corrected chi connectivity index (χ1v) is 9.35. The number of nitrogens with zero attached hydrogens (tertiary/aromatic N) is 4. The predicted molar refractivity (Wildman–Crippen MR) is 87.9 cm³/mol. The van der Waals surface area contributed by atoms with Crippen LogP contribution in [-0.4, -0.2) is 46.5 Å². The standard InChI is InChI=1S/C15H15F3N4O4S/c1-9(2)26-13(23)4-5-22-8-19-14(21-22)10-6-11(15(16,17)18)20-12(7-10)27(3,24)25/h4-9H,1-3H3. The van der Waals surface area contributed by atoms with Gasteiger partial charge in [-0.1, -0.05) is 0 Å². The van der Waals surface area contributed by atoms with Crippen molar-refractivity contribution in [1.82, 2.24) is 19.7 Å². The van der Waals surface area contributed by atoms with Gasteiger partial charge in [-0.05, 0) is 26.0 Å². The molecule has 8 nitrogen and oxygen atoms in total. The number of aromatic nitrogens is 4. The molecule has 0 spiro atoms. The minimum atomic E-state index is -4.85. The van der Waals surface area contributed by atoms with Gasteiger partial charge >= 0.3 is 12.1 Å². The van der Waals surface area contributed by atoms with Crippen molar-refractivity contribution < 1.29 is 31.1 Å². The molecular formula is C15H15F3N4O4S. The van der Waals surface area contributed by atoms with Crippen LogP contribution < -0.4 is 0 Å². The van der Waals surface area contributed by atoms with E-state index in [1.165, 1.54) is 6.20 Å². The Morgan fingerprint density at radius 3 is 2.52 bits per heavy atom. The Morgan fingerprint density at radius 2 is 1.96 bits per heavy atom. The zero-order valence-electron chi connectivity index (χ0n) is 14.4. The predicted octanol–water partition coefficient (Wildman–Crippen LogP) is 2.18. The van der Waals surface area contributed by atoms with Crippen molar-refractivity contribution in [2.75, 3.05) is 6.26 Å². The van der Waals surface area contributed by atoms with Gasteiger partial charge in [0.05, 0.1) is 6.10 Å². The average molecular weight is 404 g/mol. The molecule has 2 aromatic heterocycles. The number of halogens is 3.